The Balaban J connectivity index is 2.39. The van der Waals surface area contributed by atoms with Crippen molar-refractivity contribution < 1.29 is 4.79 Å². The molecule has 0 saturated heterocycles. The summed E-state index contributed by atoms with van der Waals surface area (Å²) in [4.78, 5) is 18.7. The van der Waals surface area contributed by atoms with Crippen molar-refractivity contribution in [2.24, 2.45) is 0 Å². The van der Waals surface area contributed by atoms with E-state index < -0.39 is 0 Å². The molecular formula is C11H10IN5O. The van der Waals surface area contributed by atoms with E-state index in [1.807, 2.05) is 24.3 Å². The average Bonchev–Trinajstić information content (AvgIpc) is 2.32. The lowest BCUT2D eigenvalue weighted by molar-refractivity contribution is 0.112. The maximum Gasteiger partial charge on any atom is 0.223 e. The Bertz CT molecular complexity index is 585. The minimum atomic E-state index is 0.0195. The quantitative estimate of drug-likeness (QED) is 0.573. The van der Waals surface area contributed by atoms with Crippen LogP contribution < -0.4 is 16.8 Å². The molecule has 2 rings (SSSR count). The van der Waals surface area contributed by atoms with Crippen LogP contribution in [0.4, 0.5) is 23.3 Å². The van der Waals surface area contributed by atoms with Crippen LogP contribution in [0.5, 0.6) is 0 Å². The number of carbonyl (C=O) groups excluding carboxylic acids is 1. The SMILES string of the molecule is Nc1nc(N)c(C=O)c(Nc2ccc(I)cc2)n1. The summed E-state index contributed by atoms with van der Waals surface area (Å²) < 4.78 is 1.11. The minimum Gasteiger partial charge on any atom is -0.383 e. The molecule has 1 heterocycles. The van der Waals surface area contributed by atoms with Crippen LogP contribution >= 0.6 is 22.6 Å². The monoisotopic (exact) mass is 355 g/mol. The largest absolute Gasteiger partial charge is 0.383 e. The van der Waals surface area contributed by atoms with Crippen LogP contribution in [0.25, 0.3) is 0 Å². The van der Waals surface area contributed by atoms with E-state index in [1.54, 1.807) is 0 Å². The number of nitrogens with one attached hydrogen (secondary N) is 1. The number of rotatable bonds is 3. The molecule has 0 atom stereocenters. The maximum absolute atomic E-state index is 11.0. The first-order valence-electron chi connectivity index (χ1n) is 5.01. The van der Waals surface area contributed by atoms with Gasteiger partial charge in [-0.2, -0.15) is 9.97 Å². The van der Waals surface area contributed by atoms with Gasteiger partial charge in [-0.1, -0.05) is 0 Å². The number of carbonyl (C=O) groups is 1. The number of hydrogen-bond acceptors (Lipinski definition) is 6. The summed E-state index contributed by atoms with van der Waals surface area (Å²) >= 11 is 2.20. The van der Waals surface area contributed by atoms with Crippen LogP contribution in [0.3, 0.4) is 0 Å². The number of halogens is 1. The molecule has 7 heteroatoms. The van der Waals surface area contributed by atoms with Gasteiger partial charge in [0.1, 0.15) is 11.6 Å². The molecule has 18 heavy (non-hydrogen) atoms. The predicted octanol–water partition coefficient (Wildman–Crippen LogP) is 1.80. The van der Waals surface area contributed by atoms with E-state index in [2.05, 4.69) is 37.9 Å². The number of anilines is 4. The summed E-state index contributed by atoms with van der Waals surface area (Å²) in [5.41, 5.74) is 12.1. The zero-order chi connectivity index (χ0) is 13.1. The van der Waals surface area contributed by atoms with Gasteiger partial charge < -0.3 is 16.8 Å². The third-order valence-electron chi connectivity index (χ3n) is 2.22. The second-order valence-corrected chi connectivity index (χ2v) is 4.72. The van der Waals surface area contributed by atoms with Gasteiger partial charge in [0.15, 0.2) is 6.29 Å². The number of aldehydes is 1. The van der Waals surface area contributed by atoms with Crippen molar-refractivity contribution >= 4 is 52.1 Å². The van der Waals surface area contributed by atoms with Crippen LogP contribution in [0.2, 0.25) is 0 Å². The summed E-state index contributed by atoms with van der Waals surface area (Å²) in [6.45, 7) is 0. The molecule has 0 aliphatic carbocycles. The second kappa shape index (κ2) is 5.17. The molecule has 1 aromatic carbocycles. The second-order valence-electron chi connectivity index (χ2n) is 3.48. The van der Waals surface area contributed by atoms with Crippen molar-refractivity contribution in [2.75, 3.05) is 16.8 Å². The van der Waals surface area contributed by atoms with Crippen molar-refractivity contribution in [1.29, 1.82) is 0 Å². The number of nitrogens with two attached hydrogens (primary N) is 2. The summed E-state index contributed by atoms with van der Waals surface area (Å²) in [7, 11) is 0. The first-order chi connectivity index (χ1) is 8.60. The third-order valence-corrected chi connectivity index (χ3v) is 2.94. The molecule has 5 N–H and O–H groups in total. The summed E-state index contributed by atoms with van der Waals surface area (Å²) in [6, 6.07) is 7.59. The molecule has 0 aliphatic heterocycles. The van der Waals surface area contributed by atoms with Crippen molar-refractivity contribution in [3.8, 4) is 0 Å². The lowest BCUT2D eigenvalue weighted by atomic mass is 10.2. The van der Waals surface area contributed by atoms with Crippen LogP contribution in [-0.2, 0) is 0 Å². The standard InChI is InChI=1S/C11H10IN5O/c12-6-1-3-7(4-2-6)15-10-8(5-18)9(13)16-11(14)17-10/h1-5H,(H5,13,14,15,16,17). The van der Waals surface area contributed by atoms with E-state index in [1.165, 1.54) is 0 Å². The van der Waals surface area contributed by atoms with Crippen LogP contribution in [0.15, 0.2) is 24.3 Å². The van der Waals surface area contributed by atoms with Gasteiger partial charge in [0, 0.05) is 9.26 Å². The molecular weight excluding hydrogens is 345 g/mol. The minimum absolute atomic E-state index is 0.0195. The van der Waals surface area contributed by atoms with E-state index in [9.17, 15) is 4.79 Å². The molecule has 1 aromatic heterocycles. The van der Waals surface area contributed by atoms with Crippen molar-refractivity contribution in [3.05, 3.63) is 33.4 Å². The van der Waals surface area contributed by atoms with Gasteiger partial charge >= 0.3 is 0 Å². The van der Waals surface area contributed by atoms with Gasteiger partial charge in [-0.25, -0.2) is 0 Å². The fraction of sp³-hybridized carbons (Fsp3) is 0. The zero-order valence-corrected chi connectivity index (χ0v) is 11.4. The summed E-state index contributed by atoms with van der Waals surface area (Å²) in [5, 5.41) is 2.99. The molecule has 0 radical (unpaired) electrons. The Kier molecular flexibility index (Phi) is 3.60. The molecule has 92 valence electrons. The lowest BCUT2D eigenvalue weighted by Gasteiger charge is -2.09. The molecule has 0 bridgehead atoms. The number of nitrogens with zero attached hydrogens (tertiary/aromatic N) is 2. The summed E-state index contributed by atoms with van der Waals surface area (Å²) in [5.74, 6) is 0.382. The Hall–Kier alpha value is -1.90. The van der Waals surface area contributed by atoms with E-state index in [4.69, 9.17) is 11.5 Å². The highest BCUT2D eigenvalue weighted by Gasteiger charge is 2.10. The Morgan fingerprint density at radius 1 is 1.17 bits per heavy atom. The van der Waals surface area contributed by atoms with Crippen molar-refractivity contribution in [3.63, 3.8) is 0 Å². The molecule has 0 aliphatic rings. The van der Waals surface area contributed by atoms with Gasteiger partial charge in [-0.05, 0) is 46.9 Å². The van der Waals surface area contributed by atoms with E-state index >= 15 is 0 Å². The highest BCUT2D eigenvalue weighted by molar-refractivity contribution is 14.1. The Morgan fingerprint density at radius 3 is 2.44 bits per heavy atom. The van der Waals surface area contributed by atoms with Gasteiger partial charge in [0.2, 0.25) is 5.95 Å². The first kappa shape index (κ1) is 12.6. The van der Waals surface area contributed by atoms with Gasteiger partial charge in [0.25, 0.3) is 0 Å². The fourth-order valence-corrected chi connectivity index (χ4v) is 1.75. The zero-order valence-electron chi connectivity index (χ0n) is 9.22. The fourth-order valence-electron chi connectivity index (χ4n) is 1.39. The van der Waals surface area contributed by atoms with E-state index in [0.717, 1.165) is 9.26 Å². The number of nitrogen functional groups attached to an aromatic ring is 2. The molecule has 0 spiro atoms. The lowest BCUT2D eigenvalue weighted by Crippen LogP contribution is -2.08. The smallest absolute Gasteiger partial charge is 0.223 e. The molecule has 6 nitrogen and oxygen atoms in total. The number of hydrogen-bond donors (Lipinski definition) is 3. The van der Waals surface area contributed by atoms with Crippen molar-refractivity contribution in [1.82, 2.24) is 9.97 Å². The molecule has 0 saturated carbocycles. The molecule has 0 amide bonds. The topological polar surface area (TPSA) is 107 Å². The molecule has 0 unspecified atom stereocenters. The Morgan fingerprint density at radius 2 is 1.83 bits per heavy atom. The molecule has 2 aromatic rings. The average molecular weight is 355 g/mol. The van der Waals surface area contributed by atoms with Gasteiger partial charge in [-0.3, -0.25) is 4.79 Å². The first-order valence-corrected chi connectivity index (χ1v) is 6.09. The van der Waals surface area contributed by atoms with Gasteiger partial charge in [-0.15, -0.1) is 0 Å². The maximum atomic E-state index is 11.0. The highest BCUT2D eigenvalue weighted by Crippen LogP contribution is 2.22. The number of benzene rings is 1. The van der Waals surface area contributed by atoms with Crippen LogP contribution in [0, 0.1) is 3.57 Å². The van der Waals surface area contributed by atoms with E-state index in [-0.39, 0.29) is 17.3 Å². The molecule has 0 fully saturated rings. The predicted molar refractivity (Wildman–Crippen MR) is 78.7 cm³/mol. The van der Waals surface area contributed by atoms with Gasteiger partial charge in [0.05, 0.1) is 5.56 Å². The normalized spacial score (nSPS) is 10.1. The van der Waals surface area contributed by atoms with Crippen molar-refractivity contribution in [2.45, 2.75) is 0 Å². The van der Waals surface area contributed by atoms with E-state index in [0.29, 0.717) is 12.1 Å². The summed E-state index contributed by atoms with van der Waals surface area (Å²) in [6.07, 6.45) is 0.601. The highest BCUT2D eigenvalue weighted by atomic mass is 127. The number of aromatic nitrogens is 2. The van der Waals surface area contributed by atoms with Crippen LogP contribution in [0.1, 0.15) is 10.4 Å². The third kappa shape index (κ3) is 2.67. The van der Waals surface area contributed by atoms with Crippen LogP contribution in [-0.4, -0.2) is 16.3 Å². The Labute approximate surface area is 117 Å².